The Labute approximate surface area is 188 Å². The summed E-state index contributed by atoms with van der Waals surface area (Å²) < 4.78 is 0. The van der Waals surface area contributed by atoms with E-state index in [0.29, 0.717) is 18.4 Å². The van der Waals surface area contributed by atoms with E-state index in [1.165, 1.54) is 16.3 Å². The van der Waals surface area contributed by atoms with Gasteiger partial charge in [-0.05, 0) is 47.7 Å². The van der Waals surface area contributed by atoms with Crippen LogP contribution in [0.2, 0.25) is 0 Å². The molecule has 2 aromatic carbocycles. The zero-order chi connectivity index (χ0) is 22.7. The van der Waals surface area contributed by atoms with Crippen LogP contribution in [0.15, 0.2) is 47.3 Å². The Bertz CT molecular complexity index is 1240. The van der Waals surface area contributed by atoms with Gasteiger partial charge in [0, 0.05) is 44.8 Å². The molecule has 3 aromatic rings. The molecular formula is C26H28N4O2. The molecule has 0 spiro atoms. The molecule has 0 unspecified atom stereocenters. The number of carbonyl (C=O) groups is 1. The lowest BCUT2D eigenvalue weighted by atomic mass is 9.99. The van der Waals surface area contributed by atoms with Gasteiger partial charge in [-0.3, -0.25) is 14.5 Å². The number of nitrogens with zero attached hydrogens (tertiary/aromatic N) is 3. The molecule has 1 fully saturated rings. The Hall–Kier alpha value is -3.43. The maximum absolute atomic E-state index is 12.8. The van der Waals surface area contributed by atoms with Gasteiger partial charge in [-0.25, -0.2) is 0 Å². The van der Waals surface area contributed by atoms with Crippen LogP contribution in [0.4, 0.5) is 0 Å². The number of pyridine rings is 1. The number of hydrogen-bond acceptors (Lipinski definition) is 4. The Morgan fingerprint density at radius 3 is 2.53 bits per heavy atom. The Balaban J connectivity index is 1.34. The lowest BCUT2D eigenvalue weighted by Gasteiger charge is -2.35. The summed E-state index contributed by atoms with van der Waals surface area (Å²) in [6, 6.07) is 16.9. The van der Waals surface area contributed by atoms with Crippen LogP contribution in [0.1, 0.15) is 34.4 Å². The molecule has 0 atom stereocenters. The zero-order valence-corrected chi connectivity index (χ0v) is 18.6. The maximum atomic E-state index is 12.8. The number of aromatic amines is 1. The third-order valence-corrected chi connectivity index (χ3v) is 6.51. The first-order valence-electron chi connectivity index (χ1n) is 11.1. The van der Waals surface area contributed by atoms with Crippen molar-refractivity contribution in [2.75, 3.05) is 26.2 Å². The fourth-order valence-electron chi connectivity index (χ4n) is 4.64. The first kappa shape index (κ1) is 21.8. The number of aryl methyl sites for hydroxylation is 1. The van der Waals surface area contributed by atoms with E-state index in [1.54, 1.807) is 6.92 Å². The van der Waals surface area contributed by atoms with Gasteiger partial charge < -0.3 is 9.88 Å². The van der Waals surface area contributed by atoms with Crippen LogP contribution in [0.3, 0.4) is 0 Å². The Kier molecular flexibility index (Phi) is 6.38. The zero-order valence-electron chi connectivity index (χ0n) is 18.6. The third-order valence-electron chi connectivity index (χ3n) is 6.51. The Morgan fingerprint density at radius 1 is 1.06 bits per heavy atom. The molecule has 4 rings (SSSR count). The number of amides is 1. The highest BCUT2D eigenvalue weighted by Crippen LogP contribution is 2.21. The number of benzene rings is 2. The number of aromatic nitrogens is 1. The van der Waals surface area contributed by atoms with Crippen molar-refractivity contribution in [3.8, 4) is 6.07 Å². The number of hydrogen-bond donors (Lipinski definition) is 1. The van der Waals surface area contributed by atoms with E-state index in [2.05, 4.69) is 52.3 Å². The van der Waals surface area contributed by atoms with Crippen LogP contribution in [0, 0.1) is 25.2 Å². The minimum absolute atomic E-state index is 0.123. The van der Waals surface area contributed by atoms with Gasteiger partial charge in [-0.1, -0.05) is 42.5 Å². The topological polar surface area (TPSA) is 80.2 Å². The molecule has 1 aliphatic heterocycles. The van der Waals surface area contributed by atoms with Gasteiger partial charge in [0.25, 0.3) is 5.56 Å². The van der Waals surface area contributed by atoms with Gasteiger partial charge in [-0.15, -0.1) is 0 Å². The van der Waals surface area contributed by atoms with Crippen molar-refractivity contribution in [2.45, 2.75) is 33.2 Å². The van der Waals surface area contributed by atoms with E-state index in [-0.39, 0.29) is 17.0 Å². The first-order chi connectivity index (χ1) is 15.5. The summed E-state index contributed by atoms with van der Waals surface area (Å²) in [6.07, 6.45) is 0.903. The summed E-state index contributed by atoms with van der Waals surface area (Å²) in [5.74, 6) is 0.123. The normalized spacial score (nSPS) is 14.5. The van der Waals surface area contributed by atoms with Crippen molar-refractivity contribution in [3.05, 3.63) is 80.8 Å². The number of piperazine rings is 1. The molecule has 32 heavy (non-hydrogen) atoms. The van der Waals surface area contributed by atoms with E-state index in [1.807, 2.05) is 17.9 Å². The molecule has 1 saturated heterocycles. The smallest absolute Gasteiger partial charge is 0.266 e. The highest BCUT2D eigenvalue weighted by atomic mass is 16.2. The van der Waals surface area contributed by atoms with Crippen LogP contribution >= 0.6 is 0 Å². The minimum Gasteiger partial charge on any atom is -0.340 e. The van der Waals surface area contributed by atoms with Crippen LogP contribution in [0.5, 0.6) is 0 Å². The van der Waals surface area contributed by atoms with Gasteiger partial charge in [0.2, 0.25) is 5.91 Å². The van der Waals surface area contributed by atoms with Gasteiger partial charge >= 0.3 is 0 Å². The fourth-order valence-corrected chi connectivity index (χ4v) is 4.64. The fraction of sp³-hybridized carbons (Fsp3) is 0.346. The molecule has 2 heterocycles. The van der Waals surface area contributed by atoms with E-state index in [0.717, 1.165) is 44.0 Å². The largest absolute Gasteiger partial charge is 0.340 e. The van der Waals surface area contributed by atoms with Gasteiger partial charge in [0.1, 0.15) is 11.6 Å². The van der Waals surface area contributed by atoms with Crippen LogP contribution in [0.25, 0.3) is 10.8 Å². The van der Waals surface area contributed by atoms with Crippen molar-refractivity contribution < 1.29 is 4.79 Å². The van der Waals surface area contributed by atoms with E-state index < -0.39 is 0 Å². The van der Waals surface area contributed by atoms with Crippen molar-refractivity contribution >= 4 is 16.7 Å². The summed E-state index contributed by atoms with van der Waals surface area (Å²) in [4.78, 5) is 31.8. The molecule has 6 nitrogen and oxygen atoms in total. The van der Waals surface area contributed by atoms with Crippen LogP contribution in [-0.4, -0.2) is 46.9 Å². The second-order valence-corrected chi connectivity index (χ2v) is 8.46. The predicted molar refractivity (Wildman–Crippen MR) is 125 cm³/mol. The lowest BCUT2D eigenvalue weighted by Crippen LogP contribution is -2.48. The van der Waals surface area contributed by atoms with E-state index in [9.17, 15) is 14.9 Å². The summed E-state index contributed by atoms with van der Waals surface area (Å²) in [6.45, 7) is 7.63. The van der Waals surface area contributed by atoms with Crippen molar-refractivity contribution in [3.63, 3.8) is 0 Å². The molecule has 6 heteroatoms. The SMILES string of the molecule is Cc1[nH]c(=O)c(C#N)c(C)c1CCC(=O)N1CCN(Cc2cccc3ccccc23)CC1. The molecule has 1 aromatic heterocycles. The highest BCUT2D eigenvalue weighted by Gasteiger charge is 2.22. The number of nitriles is 1. The highest BCUT2D eigenvalue weighted by molar-refractivity contribution is 5.85. The molecular weight excluding hydrogens is 400 g/mol. The average Bonchev–Trinajstić information content (AvgIpc) is 2.79. The molecule has 0 aliphatic carbocycles. The Morgan fingerprint density at radius 2 is 1.78 bits per heavy atom. The van der Waals surface area contributed by atoms with Crippen molar-refractivity contribution in [2.24, 2.45) is 0 Å². The van der Waals surface area contributed by atoms with Crippen molar-refractivity contribution in [1.82, 2.24) is 14.8 Å². The number of fused-ring (bicyclic) bond motifs is 1. The standard InChI is InChI=1S/C26H28N4O2/c1-18-22(19(2)28-26(32)24(18)16-27)10-11-25(31)30-14-12-29(13-15-30)17-21-8-5-7-20-6-3-4-9-23(20)21/h3-9H,10-15,17H2,1-2H3,(H,28,32). The van der Waals surface area contributed by atoms with Crippen LogP contribution < -0.4 is 5.56 Å². The summed E-state index contributed by atoms with van der Waals surface area (Å²) in [5, 5.41) is 11.8. The van der Waals surface area contributed by atoms with Gasteiger partial charge in [0.15, 0.2) is 0 Å². The number of carbonyl (C=O) groups excluding carboxylic acids is 1. The second-order valence-electron chi connectivity index (χ2n) is 8.46. The number of nitrogens with one attached hydrogen (secondary N) is 1. The lowest BCUT2D eigenvalue weighted by molar-refractivity contribution is -0.133. The quantitative estimate of drug-likeness (QED) is 0.676. The maximum Gasteiger partial charge on any atom is 0.266 e. The first-order valence-corrected chi connectivity index (χ1v) is 11.1. The van der Waals surface area contributed by atoms with E-state index >= 15 is 0 Å². The summed E-state index contributed by atoms with van der Waals surface area (Å²) in [7, 11) is 0. The molecule has 1 aliphatic rings. The molecule has 0 bridgehead atoms. The summed E-state index contributed by atoms with van der Waals surface area (Å²) in [5.41, 5.74) is 3.41. The monoisotopic (exact) mass is 428 g/mol. The van der Waals surface area contributed by atoms with Crippen LogP contribution in [-0.2, 0) is 17.8 Å². The number of rotatable bonds is 5. The molecule has 164 valence electrons. The van der Waals surface area contributed by atoms with Crippen molar-refractivity contribution in [1.29, 1.82) is 5.26 Å². The van der Waals surface area contributed by atoms with Gasteiger partial charge in [0.05, 0.1) is 0 Å². The van der Waals surface area contributed by atoms with E-state index in [4.69, 9.17) is 0 Å². The molecule has 0 saturated carbocycles. The number of H-pyrrole nitrogens is 1. The third kappa shape index (κ3) is 4.44. The molecule has 0 radical (unpaired) electrons. The average molecular weight is 429 g/mol. The minimum atomic E-state index is -0.361. The molecule has 1 amide bonds. The predicted octanol–water partition coefficient (Wildman–Crippen LogP) is 3.29. The summed E-state index contributed by atoms with van der Waals surface area (Å²) >= 11 is 0. The molecule has 1 N–H and O–H groups in total. The second kappa shape index (κ2) is 9.37. The van der Waals surface area contributed by atoms with Gasteiger partial charge in [-0.2, -0.15) is 5.26 Å².